The highest BCUT2D eigenvalue weighted by atomic mass is 19.1. The molecule has 5 nitrogen and oxygen atoms in total. The molecule has 2 amide bonds. The van der Waals surface area contributed by atoms with Crippen LogP contribution in [-0.4, -0.2) is 42.9 Å². The van der Waals surface area contributed by atoms with Crippen molar-refractivity contribution in [2.75, 3.05) is 36.4 Å². The summed E-state index contributed by atoms with van der Waals surface area (Å²) in [7, 11) is 0. The Labute approximate surface area is 171 Å². The normalized spacial score (nSPS) is 14.2. The molecule has 0 unspecified atom stereocenters. The number of hydrogen-bond donors (Lipinski definition) is 1. The summed E-state index contributed by atoms with van der Waals surface area (Å²) in [5, 5.41) is 2.92. The molecule has 3 rings (SSSR count). The van der Waals surface area contributed by atoms with Crippen molar-refractivity contribution in [3.05, 3.63) is 59.9 Å². The number of piperazine rings is 1. The number of anilines is 2. The monoisotopic (exact) mass is 397 g/mol. The lowest BCUT2D eigenvalue weighted by Gasteiger charge is -2.36. The van der Waals surface area contributed by atoms with Crippen LogP contribution in [0.2, 0.25) is 0 Å². The van der Waals surface area contributed by atoms with Crippen LogP contribution in [-0.2, 0) is 4.79 Å². The molecule has 0 atom stereocenters. The van der Waals surface area contributed by atoms with E-state index in [1.807, 2.05) is 18.7 Å². The Bertz CT molecular complexity index is 824. The van der Waals surface area contributed by atoms with E-state index in [1.165, 1.54) is 12.1 Å². The average molecular weight is 397 g/mol. The van der Waals surface area contributed by atoms with Gasteiger partial charge in [0.15, 0.2) is 0 Å². The number of amides is 2. The third-order valence-electron chi connectivity index (χ3n) is 5.51. The Morgan fingerprint density at radius 1 is 0.931 bits per heavy atom. The molecule has 1 aliphatic rings. The molecule has 0 aromatic heterocycles. The summed E-state index contributed by atoms with van der Waals surface area (Å²) in [6.45, 7) is 6.66. The third kappa shape index (κ3) is 5.13. The summed E-state index contributed by atoms with van der Waals surface area (Å²) in [6, 6.07) is 13.5. The van der Waals surface area contributed by atoms with Crippen LogP contribution in [0, 0.1) is 11.7 Å². The van der Waals surface area contributed by atoms with Crippen LogP contribution in [0.1, 0.15) is 37.0 Å². The second-order valence-electron chi connectivity index (χ2n) is 7.34. The Hall–Kier alpha value is -2.89. The lowest BCUT2D eigenvalue weighted by molar-refractivity contribution is -0.120. The van der Waals surface area contributed by atoms with E-state index >= 15 is 0 Å². The maximum Gasteiger partial charge on any atom is 0.253 e. The van der Waals surface area contributed by atoms with Gasteiger partial charge < -0.3 is 15.1 Å². The lowest BCUT2D eigenvalue weighted by Crippen LogP contribution is -2.48. The van der Waals surface area contributed by atoms with E-state index < -0.39 is 0 Å². The van der Waals surface area contributed by atoms with Crippen molar-refractivity contribution in [2.24, 2.45) is 5.92 Å². The lowest BCUT2D eigenvalue weighted by atomic mass is 10.0. The van der Waals surface area contributed by atoms with Gasteiger partial charge in [-0.25, -0.2) is 4.39 Å². The van der Waals surface area contributed by atoms with Gasteiger partial charge >= 0.3 is 0 Å². The van der Waals surface area contributed by atoms with Crippen LogP contribution in [0.3, 0.4) is 0 Å². The van der Waals surface area contributed by atoms with Gasteiger partial charge in [0.1, 0.15) is 5.82 Å². The maximum absolute atomic E-state index is 13.1. The Kier molecular flexibility index (Phi) is 6.86. The summed E-state index contributed by atoms with van der Waals surface area (Å²) >= 11 is 0. The number of halogens is 1. The number of carbonyl (C=O) groups is 2. The fraction of sp³-hybridized carbons (Fsp3) is 0.391. The fourth-order valence-corrected chi connectivity index (χ4v) is 3.60. The molecule has 2 aromatic rings. The first-order chi connectivity index (χ1) is 14.0. The first-order valence-corrected chi connectivity index (χ1v) is 10.2. The fourth-order valence-electron chi connectivity index (χ4n) is 3.60. The summed E-state index contributed by atoms with van der Waals surface area (Å²) in [5.74, 6) is -0.233. The minimum atomic E-state index is -0.248. The molecule has 1 fully saturated rings. The zero-order valence-electron chi connectivity index (χ0n) is 17.0. The van der Waals surface area contributed by atoms with Gasteiger partial charge in [-0.2, -0.15) is 0 Å². The van der Waals surface area contributed by atoms with Gasteiger partial charge in [0, 0.05) is 49.0 Å². The topological polar surface area (TPSA) is 52.7 Å². The molecule has 154 valence electrons. The third-order valence-corrected chi connectivity index (χ3v) is 5.51. The number of rotatable bonds is 6. The van der Waals surface area contributed by atoms with E-state index in [0.717, 1.165) is 18.5 Å². The summed E-state index contributed by atoms with van der Waals surface area (Å²) in [6.07, 6.45) is 1.62. The molecule has 1 aliphatic heterocycles. The van der Waals surface area contributed by atoms with Gasteiger partial charge in [-0.1, -0.05) is 13.8 Å². The summed E-state index contributed by atoms with van der Waals surface area (Å²) < 4.78 is 13.1. The summed E-state index contributed by atoms with van der Waals surface area (Å²) in [4.78, 5) is 29.0. The Morgan fingerprint density at radius 2 is 1.52 bits per heavy atom. The standard InChI is InChI=1S/C23H28FN3O2/c1-3-17(4-2)22(28)25-20-9-5-18(6-10-20)23(29)27-15-13-26(14-16-27)21-11-7-19(24)8-12-21/h5-12,17H,3-4,13-16H2,1-2H3,(H,25,28). The zero-order valence-corrected chi connectivity index (χ0v) is 17.0. The van der Waals surface area contributed by atoms with Crippen LogP contribution in [0.15, 0.2) is 48.5 Å². The number of nitrogens with zero attached hydrogens (tertiary/aromatic N) is 2. The predicted octanol–water partition coefficient (Wildman–Crippen LogP) is 4.16. The van der Waals surface area contributed by atoms with Crippen molar-refractivity contribution < 1.29 is 14.0 Å². The first kappa shape index (κ1) is 20.8. The summed E-state index contributed by atoms with van der Waals surface area (Å²) in [5.41, 5.74) is 2.29. The van der Waals surface area contributed by atoms with E-state index in [-0.39, 0.29) is 23.5 Å². The average Bonchev–Trinajstić information content (AvgIpc) is 2.75. The molecule has 0 saturated carbocycles. The van der Waals surface area contributed by atoms with Crippen molar-refractivity contribution in [3.8, 4) is 0 Å². The molecule has 29 heavy (non-hydrogen) atoms. The van der Waals surface area contributed by atoms with E-state index in [4.69, 9.17) is 0 Å². The van der Waals surface area contributed by atoms with Gasteiger partial charge in [-0.15, -0.1) is 0 Å². The predicted molar refractivity (Wildman–Crippen MR) is 114 cm³/mol. The molecule has 0 aliphatic carbocycles. The molecule has 6 heteroatoms. The Morgan fingerprint density at radius 3 is 2.07 bits per heavy atom. The van der Waals surface area contributed by atoms with Gasteiger partial charge in [0.25, 0.3) is 5.91 Å². The molecule has 0 bridgehead atoms. The van der Waals surface area contributed by atoms with Crippen molar-refractivity contribution in [2.45, 2.75) is 26.7 Å². The molecule has 1 N–H and O–H groups in total. The zero-order chi connectivity index (χ0) is 20.8. The van der Waals surface area contributed by atoms with Gasteiger partial charge in [-0.05, 0) is 61.4 Å². The Balaban J connectivity index is 1.55. The number of carbonyl (C=O) groups excluding carboxylic acids is 2. The number of benzene rings is 2. The van der Waals surface area contributed by atoms with Gasteiger partial charge in [-0.3, -0.25) is 9.59 Å². The number of nitrogens with one attached hydrogen (secondary N) is 1. The molecule has 1 saturated heterocycles. The van der Waals surface area contributed by atoms with E-state index in [2.05, 4.69) is 10.2 Å². The minimum absolute atomic E-state index is 0.00807. The molecule has 2 aromatic carbocycles. The van der Waals surface area contributed by atoms with Crippen LogP contribution in [0.25, 0.3) is 0 Å². The van der Waals surface area contributed by atoms with Crippen molar-refractivity contribution in [1.82, 2.24) is 4.90 Å². The second-order valence-corrected chi connectivity index (χ2v) is 7.34. The highest BCUT2D eigenvalue weighted by Gasteiger charge is 2.22. The molecular weight excluding hydrogens is 369 g/mol. The second kappa shape index (κ2) is 9.54. The quantitative estimate of drug-likeness (QED) is 0.796. The largest absolute Gasteiger partial charge is 0.368 e. The smallest absolute Gasteiger partial charge is 0.253 e. The van der Waals surface area contributed by atoms with Crippen LogP contribution in [0.4, 0.5) is 15.8 Å². The van der Waals surface area contributed by atoms with Crippen LogP contribution < -0.4 is 10.2 Å². The van der Waals surface area contributed by atoms with E-state index in [0.29, 0.717) is 37.4 Å². The van der Waals surface area contributed by atoms with Crippen molar-refractivity contribution >= 4 is 23.2 Å². The number of hydrogen-bond acceptors (Lipinski definition) is 3. The maximum atomic E-state index is 13.1. The highest BCUT2D eigenvalue weighted by molar-refractivity contribution is 5.96. The minimum Gasteiger partial charge on any atom is -0.368 e. The van der Waals surface area contributed by atoms with E-state index in [1.54, 1.807) is 36.4 Å². The molecular formula is C23H28FN3O2. The highest BCUT2D eigenvalue weighted by Crippen LogP contribution is 2.19. The van der Waals surface area contributed by atoms with E-state index in [9.17, 15) is 14.0 Å². The molecule has 0 radical (unpaired) electrons. The molecule has 1 heterocycles. The van der Waals surface area contributed by atoms with Crippen LogP contribution in [0.5, 0.6) is 0 Å². The molecule has 0 spiro atoms. The van der Waals surface area contributed by atoms with Crippen LogP contribution >= 0.6 is 0 Å². The van der Waals surface area contributed by atoms with Gasteiger partial charge in [0.05, 0.1) is 0 Å². The SMILES string of the molecule is CCC(CC)C(=O)Nc1ccc(C(=O)N2CCN(c3ccc(F)cc3)CC2)cc1. The van der Waals surface area contributed by atoms with Crippen molar-refractivity contribution in [1.29, 1.82) is 0 Å². The van der Waals surface area contributed by atoms with Crippen molar-refractivity contribution in [3.63, 3.8) is 0 Å². The van der Waals surface area contributed by atoms with Gasteiger partial charge in [0.2, 0.25) is 5.91 Å². The first-order valence-electron chi connectivity index (χ1n) is 10.2.